The van der Waals surface area contributed by atoms with Crippen LogP contribution in [-0.2, 0) is 20.0 Å². The molecule has 0 radical (unpaired) electrons. The third-order valence-corrected chi connectivity index (χ3v) is 3.94. The number of nitrogens with zero attached hydrogens (tertiary/aromatic N) is 5. The smallest absolute Gasteiger partial charge is 0.193 e. The molecule has 26 heavy (non-hydrogen) atoms. The van der Waals surface area contributed by atoms with Crippen LogP contribution < -0.4 is 5.32 Å². The third kappa shape index (κ3) is 6.59. The van der Waals surface area contributed by atoms with E-state index in [1.807, 2.05) is 36.1 Å². The summed E-state index contributed by atoms with van der Waals surface area (Å²) in [6.45, 7) is 8.79. The highest BCUT2D eigenvalue weighted by Gasteiger charge is 2.15. The second-order valence-corrected chi connectivity index (χ2v) is 6.53. The maximum Gasteiger partial charge on any atom is 0.193 e. The van der Waals surface area contributed by atoms with Gasteiger partial charge < -0.3 is 10.2 Å². The monoisotopic (exact) mass is 470 g/mol. The molecule has 0 aromatic carbocycles. The van der Waals surface area contributed by atoms with Crippen molar-refractivity contribution in [1.29, 1.82) is 0 Å². The highest BCUT2D eigenvalue weighted by Crippen LogP contribution is 2.18. The van der Waals surface area contributed by atoms with Crippen molar-refractivity contribution in [3.63, 3.8) is 0 Å². The largest absolute Gasteiger partial charge is 0.357 e. The van der Waals surface area contributed by atoms with Crippen LogP contribution in [0.5, 0.6) is 0 Å². The number of hydrogen-bond acceptors (Lipinski definition) is 3. The summed E-state index contributed by atoms with van der Waals surface area (Å²) in [5.41, 5.74) is 3.47. The van der Waals surface area contributed by atoms with E-state index < -0.39 is 0 Å². The van der Waals surface area contributed by atoms with E-state index in [0.29, 0.717) is 12.5 Å². The second-order valence-electron chi connectivity index (χ2n) is 6.53. The van der Waals surface area contributed by atoms with E-state index in [2.05, 4.69) is 54.3 Å². The van der Waals surface area contributed by atoms with Crippen LogP contribution in [0.2, 0.25) is 0 Å². The molecule has 0 atom stereocenters. The number of hydrogen-bond donors (Lipinski definition) is 1. The van der Waals surface area contributed by atoms with Crippen molar-refractivity contribution in [3.8, 4) is 0 Å². The van der Waals surface area contributed by atoms with Gasteiger partial charge in [-0.25, -0.2) is 0 Å². The fourth-order valence-electron chi connectivity index (χ4n) is 2.79. The van der Waals surface area contributed by atoms with Crippen LogP contribution in [0.3, 0.4) is 0 Å². The number of guanidine groups is 1. The molecule has 0 bridgehead atoms. The van der Waals surface area contributed by atoms with Crippen molar-refractivity contribution in [2.24, 2.45) is 12.0 Å². The van der Waals surface area contributed by atoms with Crippen LogP contribution >= 0.6 is 24.0 Å². The Morgan fingerprint density at radius 3 is 2.73 bits per heavy atom. The van der Waals surface area contributed by atoms with Gasteiger partial charge in [-0.15, -0.1) is 24.0 Å². The van der Waals surface area contributed by atoms with Crippen molar-refractivity contribution in [1.82, 2.24) is 25.0 Å². The average Bonchev–Trinajstić information content (AvgIpc) is 2.95. The molecule has 2 heterocycles. The van der Waals surface area contributed by atoms with E-state index in [-0.39, 0.29) is 24.0 Å². The minimum absolute atomic E-state index is 0. The molecule has 144 valence electrons. The van der Waals surface area contributed by atoms with Crippen molar-refractivity contribution in [3.05, 3.63) is 47.5 Å². The van der Waals surface area contributed by atoms with Gasteiger partial charge in [0.25, 0.3) is 0 Å². The Kier molecular flexibility index (Phi) is 9.61. The first-order chi connectivity index (χ1) is 12.0. The molecule has 0 amide bonds. The Morgan fingerprint density at radius 2 is 2.12 bits per heavy atom. The van der Waals surface area contributed by atoms with E-state index in [4.69, 9.17) is 4.99 Å². The molecule has 6 nitrogen and oxygen atoms in total. The number of rotatable bonds is 7. The second kappa shape index (κ2) is 11.2. The zero-order chi connectivity index (χ0) is 18.2. The molecule has 0 aliphatic carbocycles. The van der Waals surface area contributed by atoms with Crippen LogP contribution in [0, 0.1) is 0 Å². The van der Waals surface area contributed by atoms with E-state index in [1.54, 1.807) is 0 Å². The molecule has 0 saturated heterocycles. The van der Waals surface area contributed by atoms with Gasteiger partial charge in [-0.3, -0.25) is 14.7 Å². The number of nitrogens with one attached hydrogen (secondary N) is 1. The standard InChI is InChI=1S/C19H30N6.HI/c1-6-20-19(22-12-10-17-9-7-8-11-21-17)24(4)13-16-14-25(5)23-18(16)15(2)3;/h7-9,11,14-15H,6,10,12-13H2,1-5H3,(H,20,22);1H. The van der Waals surface area contributed by atoms with Gasteiger partial charge in [0.2, 0.25) is 0 Å². The van der Waals surface area contributed by atoms with Gasteiger partial charge in [0.1, 0.15) is 0 Å². The molecule has 1 N–H and O–H groups in total. The summed E-state index contributed by atoms with van der Waals surface area (Å²) in [7, 11) is 4.04. The number of pyridine rings is 1. The lowest BCUT2D eigenvalue weighted by molar-refractivity contribution is 0.473. The number of aromatic nitrogens is 3. The Bertz CT molecular complexity index is 681. The molecular weight excluding hydrogens is 439 g/mol. The van der Waals surface area contributed by atoms with Gasteiger partial charge in [-0.05, 0) is 25.0 Å². The summed E-state index contributed by atoms with van der Waals surface area (Å²) < 4.78 is 1.89. The Morgan fingerprint density at radius 1 is 1.35 bits per heavy atom. The average molecular weight is 470 g/mol. The first-order valence-electron chi connectivity index (χ1n) is 8.93. The molecule has 2 aromatic heterocycles. The van der Waals surface area contributed by atoms with Crippen LogP contribution in [0.15, 0.2) is 35.6 Å². The van der Waals surface area contributed by atoms with Crippen molar-refractivity contribution in [2.45, 2.75) is 39.7 Å². The SMILES string of the molecule is CCNC(=NCCc1ccccn1)N(C)Cc1cn(C)nc1C(C)C.I. The van der Waals surface area contributed by atoms with Gasteiger partial charge in [-0.1, -0.05) is 19.9 Å². The fourth-order valence-corrected chi connectivity index (χ4v) is 2.79. The summed E-state index contributed by atoms with van der Waals surface area (Å²) in [4.78, 5) is 11.3. The molecule has 2 rings (SSSR count). The van der Waals surface area contributed by atoms with Gasteiger partial charge in [-0.2, -0.15) is 5.10 Å². The van der Waals surface area contributed by atoms with Crippen LogP contribution in [0.25, 0.3) is 0 Å². The quantitative estimate of drug-likeness (QED) is 0.384. The molecule has 0 aliphatic heterocycles. The summed E-state index contributed by atoms with van der Waals surface area (Å²) in [5, 5.41) is 7.96. The number of halogens is 1. The molecule has 0 fully saturated rings. The predicted octanol–water partition coefficient (Wildman–Crippen LogP) is 3.20. The van der Waals surface area contributed by atoms with Crippen LogP contribution in [-0.4, -0.2) is 45.8 Å². The highest BCUT2D eigenvalue weighted by atomic mass is 127. The molecule has 7 heteroatoms. The van der Waals surface area contributed by atoms with Crippen LogP contribution in [0.4, 0.5) is 0 Å². The molecule has 0 spiro atoms. The van der Waals surface area contributed by atoms with E-state index >= 15 is 0 Å². The number of aryl methyl sites for hydroxylation is 1. The van der Waals surface area contributed by atoms with Gasteiger partial charge in [0.05, 0.1) is 5.69 Å². The molecule has 0 saturated carbocycles. The zero-order valence-electron chi connectivity index (χ0n) is 16.4. The van der Waals surface area contributed by atoms with Crippen molar-refractivity contribution < 1.29 is 0 Å². The first-order valence-corrected chi connectivity index (χ1v) is 8.93. The normalized spacial score (nSPS) is 11.4. The lowest BCUT2D eigenvalue weighted by atomic mass is 10.1. The minimum Gasteiger partial charge on any atom is -0.357 e. The molecule has 2 aromatic rings. The molecular formula is C19H31IN6. The summed E-state index contributed by atoms with van der Waals surface area (Å²) in [6, 6.07) is 5.99. The zero-order valence-corrected chi connectivity index (χ0v) is 18.8. The van der Waals surface area contributed by atoms with Crippen LogP contribution in [0.1, 0.15) is 43.6 Å². The van der Waals surface area contributed by atoms with E-state index in [0.717, 1.165) is 36.9 Å². The van der Waals surface area contributed by atoms with Gasteiger partial charge >= 0.3 is 0 Å². The third-order valence-electron chi connectivity index (χ3n) is 3.94. The lowest BCUT2D eigenvalue weighted by Gasteiger charge is -2.22. The van der Waals surface area contributed by atoms with E-state index in [9.17, 15) is 0 Å². The summed E-state index contributed by atoms with van der Waals surface area (Å²) in [6.07, 6.45) is 4.77. The topological polar surface area (TPSA) is 58.3 Å². The van der Waals surface area contributed by atoms with Crippen molar-refractivity contribution in [2.75, 3.05) is 20.1 Å². The maximum atomic E-state index is 4.75. The summed E-state index contributed by atoms with van der Waals surface area (Å²) >= 11 is 0. The van der Waals surface area contributed by atoms with Crippen molar-refractivity contribution >= 4 is 29.9 Å². The Labute approximate surface area is 174 Å². The molecule has 0 unspecified atom stereocenters. The highest BCUT2D eigenvalue weighted by molar-refractivity contribution is 14.0. The summed E-state index contributed by atoms with van der Waals surface area (Å²) in [5.74, 6) is 1.32. The Hall–Kier alpha value is -1.64. The maximum absolute atomic E-state index is 4.75. The van der Waals surface area contributed by atoms with Gasteiger partial charge in [0.15, 0.2) is 5.96 Å². The predicted molar refractivity (Wildman–Crippen MR) is 118 cm³/mol. The van der Waals surface area contributed by atoms with Gasteiger partial charge in [0, 0.05) is 63.8 Å². The minimum atomic E-state index is 0. The first kappa shape index (κ1) is 22.4. The molecule has 0 aliphatic rings. The lowest BCUT2D eigenvalue weighted by Crippen LogP contribution is -2.38. The Balaban J connectivity index is 0.00000338. The fraction of sp³-hybridized carbons (Fsp3) is 0.526. The number of aliphatic imine (C=N–C) groups is 1. The van der Waals surface area contributed by atoms with E-state index in [1.165, 1.54) is 5.56 Å².